The van der Waals surface area contributed by atoms with Crippen LogP contribution in [0.3, 0.4) is 0 Å². The third kappa shape index (κ3) is 1.36. The fourth-order valence-corrected chi connectivity index (χ4v) is 0.841. The molecule has 0 fully saturated rings. The molecule has 0 N–H and O–H groups in total. The average molecular weight is 164 g/mol. The van der Waals surface area contributed by atoms with E-state index in [1.165, 1.54) is 0 Å². The monoisotopic (exact) mass is 164 g/mol. The lowest BCUT2D eigenvalue weighted by molar-refractivity contribution is 0.134. The molecule has 62 valence electrons. The Kier molecular flexibility index (Phi) is 2.16. The molecular formula is C6H7F3N2. The van der Waals surface area contributed by atoms with Crippen molar-refractivity contribution in [3.05, 3.63) is 17.7 Å². The lowest BCUT2D eigenvalue weighted by atomic mass is 10.4. The van der Waals surface area contributed by atoms with Gasteiger partial charge in [-0.2, -0.15) is 5.10 Å². The molecule has 0 saturated heterocycles. The van der Waals surface area contributed by atoms with Gasteiger partial charge in [0.2, 0.25) is 0 Å². The number of hydrogen-bond donors (Lipinski definition) is 0. The van der Waals surface area contributed by atoms with Gasteiger partial charge in [-0.05, 0) is 6.92 Å². The molecule has 2 nitrogen and oxygen atoms in total. The van der Waals surface area contributed by atoms with Crippen molar-refractivity contribution >= 4 is 0 Å². The van der Waals surface area contributed by atoms with Crippen LogP contribution < -0.4 is 0 Å². The topological polar surface area (TPSA) is 17.8 Å². The number of halogens is 3. The predicted molar refractivity (Wildman–Crippen MR) is 32.8 cm³/mol. The Morgan fingerprint density at radius 2 is 2.27 bits per heavy atom. The summed E-state index contributed by atoms with van der Waals surface area (Å²) in [6.45, 7) is 1.88. The number of rotatable bonds is 2. The van der Waals surface area contributed by atoms with Crippen molar-refractivity contribution in [1.82, 2.24) is 9.78 Å². The first kappa shape index (κ1) is 8.10. The Labute approximate surface area is 61.6 Å². The van der Waals surface area contributed by atoms with E-state index in [2.05, 4.69) is 5.10 Å². The fourth-order valence-electron chi connectivity index (χ4n) is 0.841. The highest BCUT2D eigenvalue weighted by Crippen LogP contribution is 2.20. The second-order valence-corrected chi connectivity index (χ2v) is 1.99. The largest absolute Gasteiger partial charge is 0.282 e. The van der Waals surface area contributed by atoms with Gasteiger partial charge in [0.15, 0.2) is 5.82 Å². The van der Waals surface area contributed by atoms with E-state index in [1.54, 1.807) is 6.92 Å². The van der Waals surface area contributed by atoms with Gasteiger partial charge in [-0.15, -0.1) is 0 Å². The van der Waals surface area contributed by atoms with Crippen molar-refractivity contribution in [3.8, 4) is 0 Å². The normalized spacial score (nSPS) is 11.0. The second kappa shape index (κ2) is 2.94. The quantitative estimate of drug-likeness (QED) is 0.653. The van der Waals surface area contributed by atoms with Crippen molar-refractivity contribution in [2.45, 2.75) is 19.9 Å². The van der Waals surface area contributed by atoms with E-state index < -0.39 is 17.9 Å². The van der Waals surface area contributed by atoms with Gasteiger partial charge in [-0.1, -0.05) is 0 Å². The number of nitrogens with zero attached hydrogens (tertiary/aromatic N) is 2. The molecule has 1 aromatic heterocycles. The lowest BCUT2D eigenvalue weighted by Crippen LogP contribution is -2.03. The summed E-state index contributed by atoms with van der Waals surface area (Å²) in [6, 6.07) is 0. The molecule has 0 radical (unpaired) electrons. The highest BCUT2D eigenvalue weighted by Gasteiger charge is 2.18. The number of hydrogen-bond acceptors (Lipinski definition) is 1. The smallest absolute Gasteiger partial charge is 0.261 e. The Morgan fingerprint density at radius 1 is 1.64 bits per heavy atom. The molecule has 0 atom stereocenters. The zero-order valence-electron chi connectivity index (χ0n) is 5.89. The van der Waals surface area contributed by atoms with Crippen LogP contribution in [-0.2, 0) is 6.54 Å². The molecule has 0 amide bonds. The van der Waals surface area contributed by atoms with Crippen LogP contribution in [0.1, 0.15) is 19.0 Å². The molecule has 1 heterocycles. The van der Waals surface area contributed by atoms with Gasteiger partial charge >= 0.3 is 0 Å². The molecule has 0 aliphatic heterocycles. The van der Waals surface area contributed by atoms with Crippen LogP contribution in [0, 0.1) is 5.82 Å². The van der Waals surface area contributed by atoms with Gasteiger partial charge in [0.25, 0.3) is 6.43 Å². The van der Waals surface area contributed by atoms with E-state index >= 15 is 0 Å². The Hall–Kier alpha value is -1.00. The minimum atomic E-state index is -2.79. The first-order valence-corrected chi connectivity index (χ1v) is 3.16. The van der Waals surface area contributed by atoms with E-state index in [1.807, 2.05) is 0 Å². The summed E-state index contributed by atoms with van der Waals surface area (Å²) in [6.07, 6.45) is -2.00. The van der Waals surface area contributed by atoms with Gasteiger partial charge in [-0.3, -0.25) is 4.68 Å². The molecule has 0 aliphatic rings. The highest BCUT2D eigenvalue weighted by molar-refractivity contribution is 5.05. The van der Waals surface area contributed by atoms with E-state index in [0.717, 1.165) is 10.9 Å². The molecule has 0 bridgehead atoms. The highest BCUT2D eigenvalue weighted by atomic mass is 19.3. The van der Waals surface area contributed by atoms with Gasteiger partial charge in [0, 0.05) is 6.54 Å². The zero-order chi connectivity index (χ0) is 8.43. The van der Waals surface area contributed by atoms with Gasteiger partial charge in [0.05, 0.1) is 6.20 Å². The summed E-state index contributed by atoms with van der Waals surface area (Å²) in [4.78, 5) is 0. The van der Waals surface area contributed by atoms with Crippen LogP contribution in [-0.4, -0.2) is 9.78 Å². The average Bonchev–Trinajstić information content (AvgIpc) is 2.30. The molecule has 1 rings (SSSR count). The van der Waals surface area contributed by atoms with Crippen LogP contribution in [0.15, 0.2) is 6.20 Å². The molecule has 5 heteroatoms. The maximum Gasteiger partial charge on any atom is 0.282 e. The summed E-state index contributed by atoms with van der Waals surface area (Å²) in [7, 11) is 0. The van der Waals surface area contributed by atoms with E-state index in [0.29, 0.717) is 0 Å². The van der Waals surface area contributed by atoms with Crippen molar-refractivity contribution in [2.24, 2.45) is 0 Å². The molecule has 11 heavy (non-hydrogen) atoms. The van der Waals surface area contributed by atoms with Crippen LogP contribution in [0.25, 0.3) is 0 Å². The molecule has 0 spiro atoms. The molecule has 0 unspecified atom stereocenters. The summed E-state index contributed by atoms with van der Waals surface area (Å²) < 4.78 is 37.4. The van der Waals surface area contributed by atoms with Crippen molar-refractivity contribution < 1.29 is 13.2 Å². The molecular weight excluding hydrogens is 157 g/mol. The predicted octanol–water partition coefficient (Wildman–Crippen LogP) is 1.98. The maximum absolute atomic E-state index is 12.5. The minimum absolute atomic E-state index is 0.254. The lowest BCUT2D eigenvalue weighted by Gasteiger charge is -2.01. The first-order valence-electron chi connectivity index (χ1n) is 3.16. The third-order valence-electron chi connectivity index (χ3n) is 1.34. The summed E-state index contributed by atoms with van der Waals surface area (Å²) in [5.41, 5.74) is -0.632. The number of aryl methyl sites for hydroxylation is 1. The van der Waals surface area contributed by atoms with Gasteiger partial charge in [-0.25, -0.2) is 13.2 Å². The minimum Gasteiger partial charge on any atom is -0.261 e. The number of alkyl halides is 2. The van der Waals surface area contributed by atoms with Gasteiger partial charge < -0.3 is 0 Å². The van der Waals surface area contributed by atoms with E-state index in [4.69, 9.17) is 0 Å². The van der Waals surface area contributed by atoms with E-state index in [9.17, 15) is 13.2 Å². The fraction of sp³-hybridized carbons (Fsp3) is 0.500. The SMILES string of the molecule is CCn1ncc(F)c1C(F)F. The Balaban J connectivity index is 3.07. The maximum atomic E-state index is 12.5. The molecule has 0 aromatic carbocycles. The summed E-state index contributed by atoms with van der Waals surface area (Å²) in [5, 5.41) is 3.42. The second-order valence-electron chi connectivity index (χ2n) is 1.99. The summed E-state index contributed by atoms with van der Waals surface area (Å²) in [5.74, 6) is -0.943. The Morgan fingerprint density at radius 3 is 2.64 bits per heavy atom. The molecule has 0 saturated carbocycles. The van der Waals surface area contributed by atoms with Gasteiger partial charge in [0.1, 0.15) is 5.69 Å². The first-order chi connectivity index (χ1) is 5.16. The Bertz CT molecular complexity index is 244. The van der Waals surface area contributed by atoms with E-state index in [-0.39, 0.29) is 6.54 Å². The summed E-state index contributed by atoms with van der Waals surface area (Å²) >= 11 is 0. The van der Waals surface area contributed by atoms with Crippen LogP contribution >= 0.6 is 0 Å². The van der Waals surface area contributed by atoms with Crippen LogP contribution in [0.2, 0.25) is 0 Å². The van der Waals surface area contributed by atoms with Crippen molar-refractivity contribution in [3.63, 3.8) is 0 Å². The van der Waals surface area contributed by atoms with Crippen molar-refractivity contribution in [2.75, 3.05) is 0 Å². The standard InChI is InChI=1S/C6H7F3N2/c1-2-11-5(6(8)9)4(7)3-10-11/h3,6H,2H2,1H3. The molecule has 1 aromatic rings. The zero-order valence-corrected chi connectivity index (χ0v) is 5.89. The third-order valence-corrected chi connectivity index (χ3v) is 1.34. The number of aromatic nitrogens is 2. The van der Waals surface area contributed by atoms with Crippen molar-refractivity contribution in [1.29, 1.82) is 0 Å². The molecule has 0 aliphatic carbocycles. The van der Waals surface area contributed by atoms with Crippen LogP contribution in [0.4, 0.5) is 13.2 Å². The van der Waals surface area contributed by atoms with Crippen LogP contribution in [0.5, 0.6) is 0 Å².